The number of phenolic OH excluding ortho intramolecular Hbond substituents is 1. The highest BCUT2D eigenvalue weighted by atomic mass is 16.5. The van der Waals surface area contributed by atoms with E-state index in [0.29, 0.717) is 12.0 Å². The molecule has 1 heterocycles. The first-order valence-corrected chi connectivity index (χ1v) is 15.0. The summed E-state index contributed by atoms with van der Waals surface area (Å²) < 4.78 is 10.5. The molecule has 0 radical (unpaired) electrons. The Morgan fingerprint density at radius 2 is 1.48 bits per heavy atom. The number of aliphatic hydroxyl groups is 3. The molecule has 3 rings (SSSR count). The number of carbonyl (C=O) groups is 4. The van der Waals surface area contributed by atoms with Crippen LogP contribution in [0, 0.1) is 5.92 Å². The first kappa shape index (κ1) is 36.4. The Labute approximate surface area is 267 Å². The molecule has 0 unspecified atom stereocenters. The Morgan fingerprint density at radius 1 is 0.848 bits per heavy atom. The number of hydrogen-bond acceptors (Lipinski definition) is 11. The molecule has 1 saturated heterocycles. The topological polar surface area (TPSA) is 230 Å². The molecule has 2 aromatic rings. The number of aliphatic hydroxyl groups excluding tert-OH is 3. The van der Waals surface area contributed by atoms with Gasteiger partial charge >= 0.3 is 5.97 Å². The van der Waals surface area contributed by atoms with Crippen LogP contribution in [0.5, 0.6) is 5.75 Å². The van der Waals surface area contributed by atoms with Gasteiger partial charge < -0.3 is 51.6 Å². The van der Waals surface area contributed by atoms with Gasteiger partial charge in [-0.05, 0) is 42.0 Å². The fourth-order valence-electron chi connectivity index (χ4n) is 5.06. The van der Waals surface area contributed by atoms with Crippen molar-refractivity contribution in [3.63, 3.8) is 0 Å². The van der Waals surface area contributed by atoms with Crippen LogP contribution in [0.15, 0.2) is 54.6 Å². The van der Waals surface area contributed by atoms with Crippen LogP contribution < -0.4 is 21.7 Å². The Morgan fingerprint density at radius 3 is 2.09 bits per heavy atom. The Hall–Kier alpha value is -4.08. The summed E-state index contributed by atoms with van der Waals surface area (Å²) in [6, 6.07) is 11.8. The van der Waals surface area contributed by atoms with E-state index in [1.54, 1.807) is 42.5 Å². The standard InChI is InChI=1S/C32H44N4O10/c1-17(2)13-23(32(44)45-3)35-30(43)22(15-18-7-5-4-6-8-18)34-25(38)16-24-26(39)27(40)28(41)31(46-24)36-29(42)21(33)14-19-9-11-20(37)12-10-19/h4-12,17,21-24,26-28,31,37,39-41H,13-16,33H2,1-3H3,(H,34,38)(H,35,43)(H,36,42)/t21-,22-,23-,24-,26-,27+,28-,31-/m0/s1. The molecule has 0 spiro atoms. The lowest BCUT2D eigenvalue weighted by Gasteiger charge is -2.41. The largest absolute Gasteiger partial charge is 0.508 e. The number of hydrogen-bond donors (Lipinski definition) is 8. The number of nitrogens with one attached hydrogen (secondary N) is 3. The summed E-state index contributed by atoms with van der Waals surface area (Å²) in [5.74, 6) is -2.64. The van der Waals surface area contributed by atoms with E-state index in [4.69, 9.17) is 15.2 Å². The van der Waals surface area contributed by atoms with Crippen molar-refractivity contribution in [3.8, 4) is 5.75 Å². The van der Waals surface area contributed by atoms with Gasteiger partial charge in [-0.1, -0.05) is 56.3 Å². The zero-order valence-electron chi connectivity index (χ0n) is 26.0. The molecule has 0 aromatic heterocycles. The first-order chi connectivity index (χ1) is 21.8. The summed E-state index contributed by atoms with van der Waals surface area (Å²) in [4.78, 5) is 51.7. The average Bonchev–Trinajstić information content (AvgIpc) is 3.02. The smallest absolute Gasteiger partial charge is 0.328 e. The molecule has 0 saturated carbocycles. The van der Waals surface area contributed by atoms with E-state index in [9.17, 15) is 39.6 Å². The molecule has 46 heavy (non-hydrogen) atoms. The Balaban J connectivity index is 1.69. The molecule has 1 aliphatic rings. The van der Waals surface area contributed by atoms with Gasteiger partial charge in [0, 0.05) is 6.42 Å². The van der Waals surface area contributed by atoms with Gasteiger partial charge in [-0.25, -0.2) is 4.79 Å². The Bertz CT molecular complexity index is 1310. The van der Waals surface area contributed by atoms with Gasteiger partial charge in [-0.15, -0.1) is 0 Å². The third-order valence-electron chi connectivity index (χ3n) is 7.56. The second-order valence-electron chi connectivity index (χ2n) is 11.8. The maximum atomic E-state index is 13.4. The fraction of sp³-hybridized carbons (Fsp3) is 0.500. The number of esters is 1. The number of ether oxygens (including phenoxy) is 2. The van der Waals surface area contributed by atoms with Gasteiger partial charge in [-0.3, -0.25) is 14.4 Å². The summed E-state index contributed by atoms with van der Waals surface area (Å²) in [6.07, 6.45) is -8.24. The van der Waals surface area contributed by atoms with E-state index in [2.05, 4.69) is 16.0 Å². The molecule has 9 N–H and O–H groups in total. The van der Waals surface area contributed by atoms with Crippen molar-refractivity contribution in [2.24, 2.45) is 11.7 Å². The summed E-state index contributed by atoms with van der Waals surface area (Å²) in [5, 5.41) is 48.7. The monoisotopic (exact) mass is 644 g/mol. The van der Waals surface area contributed by atoms with Crippen LogP contribution in [0.2, 0.25) is 0 Å². The van der Waals surface area contributed by atoms with E-state index in [1.165, 1.54) is 19.2 Å². The molecule has 252 valence electrons. The van der Waals surface area contributed by atoms with Crippen LogP contribution in [-0.2, 0) is 41.5 Å². The summed E-state index contributed by atoms with van der Waals surface area (Å²) in [5.41, 5.74) is 7.39. The molecule has 3 amide bonds. The minimum atomic E-state index is -1.79. The third-order valence-corrected chi connectivity index (χ3v) is 7.56. The van der Waals surface area contributed by atoms with Gasteiger partial charge in [0.2, 0.25) is 17.7 Å². The summed E-state index contributed by atoms with van der Waals surface area (Å²) in [7, 11) is 1.21. The van der Waals surface area contributed by atoms with Crippen LogP contribution in [-0.4, -0.2) is 100.0 Å². The van der Waals surface area contributed by atoms with E-state index < -0.39 is 78.9 Å². The minimum Gasteiger partial charge on any atom is -0.508 e. The van der Waals surface area contributed by atoms with Gasteiger partial charge in [0.05, 0.1) is 25.7 Å². The number of methoxy groups -OCH3 is 1. The van der Waals surface area contributed by atoms with Crippen LogP contribution in [0.3, 0.4) is 0 Å². The second-order valence-corrected chi connectivity index (χ2v) is 11.8. The molecule has 14 nitrogen and oxygen atoms in total. The van der Waals surface area contributed by atoms with Gasteiger partial charge in [0.25, 0.3) is 0 Å². The van der Waals surface area contributed by atoms with Crippen LogP contribution >= 0.6 is 0 Å². The van der Waals surface area contributed by atoms with Crippen molar-refractivity contribution >= 4 is 23.7 Å². The second kappa shape index (κ2) is 17.0. The highest BCUT2D eigenvalue weighted by molar-refractivity contribution is 5.91. The predicted octanol–water partition coefficient (Wildman–Crippen LogP) is -0.993. The Kier molecular flexibility index (Phi) is 13.5. The number of amides is 3. The zero-order valence-corrected chi connectivity index (χ0v) is 26.0. The highest BCUT2D eigenvalue weighted by Crippen LogP contribution is 2.23. The van der Waals surface area contributed by atoms with Crippen molar-refractivity contribution in [2.75, 3.05) is 7.11 Å². The van der Waals surface area contributed by atoms with Gasteiger partial charge in [0.1, 0.15) is 36.1 Å². The molecule has 1 aliphatic heterocycles. The van der Waals surface area contributed by atoms with Crippen LogP contribution in [0.4, 0.5) is 0 Å². The number of nitrogens with two attached hydrogens (primary N) is 1. The van der Waals surface area contributed by atoms with Crippen LogP contribution in [0.25, 0.3) is 0 Å². The molecular weight excluding hydrogens is 600 g/mol. The molecule has 8 atom stereocenters. The van der Waals surface area contributed by atoms with Crippen molar-refractivity contribution in [1.82, 2.24) is 16.0 Å². The SMILES string of the molecule is COC(=O)[C@H](CC(C)C)NC(=O)[C@H](Cc1ccccc1)NC(=O)C[C@@H]1O[C@H](NC(=O)[C@@H](N)Cc2ccc(O)cc2)[C@@H](O)[C@H](O)[C@H]1O. The molecular formula is C32H44N4O10. The van der Waals surface area contributed by atoms with Crippen molar-refractivity contribution in [3.05, 3.63) is 65.7 Å². The minimum absolute atomic E-state index is 0.0478. The molecule has 14 heteroatoms. The fourth-order valence-corrected chi connectivity index (χ4v) is 5.06. The maximum absolute atomic E-state index is 13.4. The van der Waals surface area contributed by atoms with Gasteiger partial charge in [0.15, 0.2) is 6.23 Å². The lowest BCUT2D eigenvalue weighted by atomic mass is 9.95. The molecule has 0 bridgehead atoms. The average molecular weight is 645 g/mol. The number of benzene rings is 2. The number of aromatic hydroxyl groups is 1. The van der Waals surface area contributed by atoms with E-state index >= 15 is 0 Å². The van der Waals surface area contributed by atoms with E-state index in [-0.39, 0.29) is 24.5 Å². The van der Waals surface area contributed by atoms with E-state index in [0.717, 1.165) is 5.56 Å². The van der Waals surface area contributed by atoms with Crippen molar-refractivity contribution in [2.45, 2.75) is 88.3 Å². The van der Waals surface area contributed by atoms with Crippen molar-refractivity contribution in [1.29, 1.82) is 0 Å². The normalized spacial score (nSPS) is 23.1. The number of phenols is 1. The predicted molar refractivity (Wildman–Crippen MR) is 165 cm³/mol. The molecule has 2 aromatic carbocycles. The lowest BCUT2D eigenvalue weighted by molar-refractivity contribution is -0.230. The lowest BCUT2D eigenvalue weighted by Crippen LogP contribution is -2.64. The zero-order chi connectivity index (χ0) is 34.0. The van der Waals surface area contributed by atoms with Crippen molar-refractivity contribution < 1.29 is 49.1 Å². The maximum Gasteiger partial charge on any atom is 0.328 e. The van der Waals surface area contributed by atoms with Crippen LogP contribution in [0.1, 0.15) is 37.8 Å². The quantitative estimate of drug-likeness (QED) is 0.116. The number of carbonyl (C=O) groups excluding carboxylic acids is 4. The molecule has 0 aliphatic carbocycles. The molecule has 1 fully saturated rings. The summed E-state index contributed by atoms with van der Waals surface area (Å²) >= 11 is 0. The number of rotatable bonds is 14. The van der Waals surface area contributed by atoms with E-state index in [1.807, 2.05) is 13.8 Å². The first-order valence-electron chi connectivity index (χ1n) is 15.0. The highest BCUT2D eigenvalue weighted by Gasteiger charge is 2.45. The summed E-state index contributed by atoms with van der Waals surface area (Å²) in [6.45, 7) is 3.76. The third kappa shape index (κ3) is 10.5. The van der Waals surface area contributed by atoms with Gasteiger partial charge in [-0.2, -0.15) is 0 Å².